The molecule has 0 heterocycles. The summed E-state index contributed by atoms with van der Waals surface area (Å²) in [7, 11) is 0. The Labute approximate surface area is 107 Å². The van der Waals surface area contributed by atoms with E-state index in [-0.39, 0.29) is 18.0 Å². The van der Waals surface area contributed by atoms with Gasteiger partial charge in [0.25, 0.3) is 0 Å². The lowest BCUT2D eigenvalue weighted by Crippen LogP contribution is -2.43. The van der Waals surface area contributed by atoms with Gasteiger partial charge >= 0.3 is 0 Å². The summed E-state index contributed by atoms with van der Waals surface area (Å²) in [6.45, 7) is 6.09. The molecule has 0 rings (SSSR count). The van der Waals surface area contributed by atoms with Crippen LogP contribution in [0, 0.1) is 0 Å². The molecule has 3 heteroatoms. The van der Waals surface area contributed by atoms with Crippen molar-refractivity contribution in [3.05, 3.63) is 0 Å². The predicted octanol–water partition coefficient (Wildman–Crippen LogP) is 2.98. The van der Waals surface area contributed by atoms with Crippen LogP contribution < -0.4 is 11.1 Å². The second-order valence-electron chi connectivity index (χ2n) is 5.09. The molecule has 3 N–H and O–H groups in total. The predicted molar refractivity (Wildman–Crippen MR) is 73.9 cm³/mol. The third kappa shape index (κ3) is 10.3. The fourth-order valence-electron chi connectivity index (χ4n) is 1.70. The van der Waals surface area contributed by atoms with Gasteiger partial charge in [-0.1, -0.05) is 45.4 Å². The highest BCUT2D eigenvalue weighted by atomic mass is 16.1. The van der Waals surface area contributed by atoms with Gasteiger partial charge in [-0.2, -0.15) is 0 Å². The van der Waals surface area contributed by atoms with Crippen LogP contribution >= 0.6 is 0 Å². The van der Waals surface area contributed by atoms with Gasteiger partial charge in [0.05, 0.1) is 0 Å². The van der Waals surface area contributed by atoms with Crippen molar-refractivity contribution >= 4 is 5.91 Å². The highest BCUT2D eigenvalue weighted by Crippen LogP contribution is 2.08. The van der Waals surface area contributed by atoms with Gasteiger partial charge in [-0.3, -0.25) is 4.79 Å². The Bertz CT molecular complexity index is 193. The zero-order chi connectivity index (χ0) is 13.1. The Hall–Kier alpha value is -0.570. The quantitative estimate of drug-likeness (QED) is 0.579. The average Bonchev–Trinajstić information content (AvgIpc) is 2.27. The van der Waals surface area contributed by atoms with E-state index in [1.165, 1.54) is 38.5 Å². The zero-order valence-electron chi connectivity index (χ0n) is 11.8. The van der Waals surface area contributed by atoms with Crippen LogP contribution in [-0.4, -0.2) is 18.0 Å². The van der Waals surface area contributed by atoms with Gasteiger partial charge in [0.15, 0.2) is 0 Å². The van der Waals surface area contributed by atoms with E-state index in [9.17, 15) is 4.79 Å². The first-order valence-electron chi connectivity index (χ1n) is 7.12. The topological polar surface area (TPSA) is 55.1 Å². The smallest absolute Gasteiger partial charge is 0.220 e. The lowest BCUT2D eigenvalue weighted by Gasteiger charge is -2.17. The van der Waals surface area contributed by atoms with E-state index >= 15 is 0 Å². The molecule has 0 saturated heterocycles. The van der Waals surface area contributed by atoms with Gasteiger partial charge in [-0.05, 0) is 20.3 Å². The summed E-state index contributed by atoms with van der Waals surface area (Å²) in [6, 6.07) is 0.0973. The Morgan fingerprint density at radius 3 is 2.12 bits per heavy atom. The fourth-order valence-corrected chi connectivity index (χ4v) is 1.70. The van der Waals surface area contributed by atoms with Crippen LogP contribution in [-0.2, 0) is 4.79 Å². The van der Waals surface area contributed by atoms with Crippen LogP contribution in [0.3, 0.4) is 0 Å². The lowest BCUT2D eigenvalue weighted by molar-refractivity contribution is -0.121. The molecule has 0 saturated carbocycles. The summed E-state index contributed by atoms with van der Waals surface area (Å²) in [4.78, 5) is 11.5. The number of nitrogens with two attached hydrogens (primary N) is 1. The number of hydrogen-bond acceptors (Lipinski definition) is 2. The van der Waals surface area contributed by atoms with Crippen molar-refractivity contribution in [1.82, 2.24) is 5.32 Å². The van der Waals surface area contributed by atoms with Gasteiger partial charge in [-0.15, -0.1) is 0 Å². The van der Waals surface area contributed by atoms with Crippen LogP contribution in [0.2, 0.25) is 0 Å². The lowest BCUT2D eigenvalue weighted by atomic mass is 10.1. The van der Waals surface area contributed by atoms with Crippen LogP contribution in [0.4, 0.5) is 0 Å². The van der Waals surface area contributed by atoms with Crippen LogP contribution in [0.5, 0.6) is 0 Å². The van der Waals surface area contributed by atoms with Gasteiger partial charge in [0, 0.05) is 18.5 Å². The zero-order valence-corrected chi connectivity index (χ0v) is 11.8. The van der Waals surface area contributed by atoms with Crippen LogP contribution in [0.15, 0.2) is 0 Å². The minimum Gasteiger partial charge on any atom is -0.352 e. The third-order valence-corrected chi connectivity index (χ3v) is 3.18. The maximum Gasteiger partial charge on any atom is 0.220 e. The molecule has 17 heavy (non-hydrogen) atoms. The van der Waals surface area contributed by atoms with Crippen molar-refractivity contribution in [2.75, 3.05) is 0 Å². The SMILES string of the molecule is CCCCCCCCCC(=O)NC(C)C(C)N. The Morgan fingerprint density at radius 1 is 1.06 bits per heavy atom. The molecular formula is C14H30N2O. The van der Waals surface area contributed by atoms with Gasteiger partial charge in [0.1, 0.15) is 0 Å². The maximum absolute atomic E-state index is 11.5. The van der Waals surface area contributed by atoms with E-state index in [4.69, 9.17) is 5.73 Å². The molecule has 0 bridgehead atoms. The normalized spacial score (nSPS) is 14.4. The van der Waals surface area contributed by atoms with E-state index in [1.54, 1.807) is 0 Å². The maximum atomic E-state index is 11.5. The van der Waals surface area contributed by atoms with E-state index in [2.05, 4.69) is 12.2 Å². The van der Waals surface area contributed by atoms with E-state index in [1.807, 2.05) is 13.8 Å². The van der Waals surface area contributed by atoms with Crippen molar-refractivity contribution in [2.24, 2.45) is 5.73 Å². The molecule has 0 aromatic heterocycles. The Morgan fingerprint density at radius 2 is 1.59 bits per heavy atom. The molecule has 0 radical (unpaired) electrons. The number of rotatable bonds is 10. The minimum atomic E-state index is 0.0213. The first-order chi connectivity index (χ1) is 8.07. The minimum absolute atomic E-state index is 0.0213. The number of nitrogens with one attached hydrogen (secondary N) is 1. The molecule has 0 aliphatic heterocycles. The summed E-state index contributed by atoms with van der Waals surface area (Å²) in [5, 5.41) is 2.93. The first-order valence-corrected chi connectivity index (χ1v) is 7.12. The molecule has 0 fully saturated rings. The second kappa shape index (κ2) is 10.6. The molecule has 0 aliphatic carbocycles. The molecule has 0 aromatic carbocycles. The Kier molecular flexibility index (Phi) is 10.2. The van der Waals surface area contributed by atoms with Gasteiger partial charge < -0.3 is 11.1 Å². The molecule has 1 amide bonds. The number of hydrogen-bond donors (Lipinski definition) is 2. The van der Waals surface area contributed by atoms with Crippen molar-refractivity contribution in [3.63, 3.8) is 0 Å². The molecule has 102 valence electrons. The number of carbonyl (C=O) groups is 1. The molecular weight excluding hydrogens is 212 g/mol. The van der Waals surface area contributed by atoms with Crippen molar-refractivity contribution in [3.8, 4) is 0 Å². The Balaban J connectivity index is 3.33. The monoisotopic (exact) mass is 242 g/mol. The highest BCUT2D eigenvalue weighted by molar-refractivity contribution is 5.76. The second-order valence-corrected chi connectivity index (χ2v) is 5.09. The first kappa shape index (κ1) is 16.4. The summed E-state index contributed by atoms with van der Waals surface area (Å²) >= 11 is 0. The summed E-state index contributed by atoms with van der Waals surface area (Å²) in [5.74, 6) is 0.142. The van der Waals surface area contributed by atoms with E-state index in [0.29, 0.717) is 6.42 Å². The number of amides is 1. The van der Waals surface area contributed by atoms with Gasteiger partial charge in [-0.25, -0.2) is 0 Å². The standard InChI is InChI=1S/C14H30N2O/c1-4-5-6-7-8-9-10-11-14(17)16-13(3)12(2)15/h12-13H,4-11,15H2,1-3H3,(H,16,17). The summed E-state index contributed by atoms with van der Waals surface area (Å²) in [6.07, 6.45) is 9.36. The molecule has 0 spiro atoms. The number of carbonyl (C=O) groups excluding carboxylic acids is 1. The molecule has 2 unspecified atom stereocenters. The average molecular weight is 242 g/mol. The van der Waals surface area contributed by atoms with Crippen LogP contribution in [0.1, 0.15) is 72.1 Å². The largest absolute Gasteiger partial charge is 0.352 e. The molecule has 3 nitrogen and oxygen atoms in total. The van der Waals surface area contributed by atoms with Crippen molar-refractivity contribution in [2.45, 2.75) is 84.2 Å². The van der Waals surface area contributed by atoms with E-state index in [0.717, 1.165) is 6.42 Å². The molecule has 0 aromatic rings. The van der Waals surface area contributed by atoms with Gasteiger partial charge in [0.2, 0.25) is 5.91 Å². The summed E-state index contributed by atoms with van der Waals surface area (Å²) in [5.41, 5.74) is 5.69. The van der Waals surface area contributed by atoms with Crippen molar-refractivity contribution < 1.29 is 4.79 Å². The van der Waals surface area contributed by atoms with Crippen LogP contribution in [0.25, 0.3) is 0 Å². The fraction of sp³-hybridized carbons (Fsp3) is 0.929. The third-order valence-electron chi connectivity index (χ3n) is 3.18. The summed E-state index contributed by atoms with van der Waals surface area (Å²) < 4.78 is 0. The molecule has 2 atom stereocenters. The van der Waals surface area contributed by atoms with Crippen molar-refractivity contribution in [1.29, 1.82) is 0 Å². The molecule has 0 aliphatic rings. The highest BCUT2D eigenvalue weighted by Gasteiger charge is 2.10. The van der Waals surface area contributed by atoms with E-state index < -0.39 is 0 Å². The number of unbranched alkanes of at least 4 members (excludes halogenated alkanes) is 6.